The second-order valence-corrected chi connectivity index (χ2v) is 6.09. The molecule has 1 aliphatic rings. The third-order valence-corrected chi connectivity index (χ3v) is 4.24. The average Bonchev–Trinajstić information content (AvgIpc) is 2.52. The van der Waals surface area contributed by atoms with Crippen molar-refractivity contribution in [2.75, 3.05) is 22.1 Å². The minimum absolute atomic E-state index is 0.503. The van der Waals surface area contributed by atoms with Gasteiger partial charge in [0, 0.05) is 34.8 Å². The minimum atomic E-state index is 0.503. The van der Waals surface area contributed by atoms with Crippen LogP contribution in [-0.4, -0.2) is 12.1 Å². The van der Waals surface area contributed by atoms with Gasteiger partial charge in [0.1, 0.15) is 0 Å². The van der Waals surface area contributed by atoms with E-state index in [1.165, 1.54) is 19.3 Å². The highest BCUT2D eigenvalue weighted by Crippen LogP contribution is 2.25. The number of hydrogen-bond acceptors (Lipinski definition) is 4. The van der Waals surface area contributed by atoms with Crippen LogP contribution in [0.2, 0.25) is 0 Å². The Balaban J connectivity index is 1.56. The molecule has 0 spiro atoms. The SMILES string of the molecule is Nc1ccc(NC2CCCC(Nc3ccc(N)cc3)C2)cc1. The molecule has 2 aromatic rings. The van der Waals surface area contributed by atoms with Crippen molar-refractivity contribution in [3.05, 3.63) is 48.5 Å². The predicted molar refractivity (Wildman–Crippen MR) is 95.0 cm³/mol. The van der Waals surface area contributed by atoms with Gasteiger partial charge in [-0.05, 0) is 74.2 Å². The van der Waals surface area contributed by atoms with E-state index in [0.29, 0.717) is 12.1 Å². The Bertz CT molecular complexity index is 538. The molecule has 22 heavy (non-hydrogen) atoms. The van der Waals surface area contributed by atoms with E-state index >= 15 is 0 Å². The maximum absolute atomic E-state index is 5.73. The minimum Gasteiger partial charge on any atom is -0.399 e. The second-order valence-electron chi connectivity index (χ2n) is 6.09. The van der Waals surface area contributed by atoms with Crippen molar-refractivity contribution >= 4 is 22.7 Å². The molecule has 0 heterocycles. The maximum Gasteiger partial charge on any atom is 0.0343 e. The Hall–Kier alpha value is -2.36. The van der Waals surface area contributed by atoms with Crippen molar-refractivity contribution in [3.63, 3.8) is 0 Å². The summed E-state index contributed by atoms with van der Waals surface area (Å²) in [6.45, 7) is 0. The molecule has 0 amide bonds. The molecule has 4 nitrogen and oxygen atoms in total. The molecule has 1 aliphatic carbocycles. The number of anilines is 4. The summed E-state index contributed by atoms with van der Waals surface area (Å²) >= 11 is 0. The molecule has 0 aromatic heterocycles. The first-order valence-electron chi connectivity index (χ1n) is 7.93. The normalized spacial score (nSPS) is 21.3. The zero-order valence-electron chi connectivity index (χ0n) is 12.8. The smallest absolute Gasteiger partial charge is 0.0343 e. The lowest BCUT2D eigenvalue weighted by molar-refractivity contribution is 0.428. The van der Waals surface area contributed by atoms with Crippen LogP contribution in [0.3, 0.4) is 0 Å². The van der Waals surface area contributed by atoms with Gasteiger partial charge < -0.3 is 22.1 Å². The first kappa shape index (κ1) is 14.6. The van der Waals surface area contributed by atoms with Crippen molar-refractivity contribution in [2.24, 2.45) is 0 Å². The number of benzene rings is 2. The van der Waals surface area contributed by atoms with Gasteiger partial charge in [-0.3, -0.25) is 0 Å². The van der Waals surface area contributed by atoms with Gasteiger partial charge >= 0.3 is 0 Å². The summed E-state index contributed by atoms with van der Waals surface area (Å²) in [4.78, 5) is 0. The Labute approximate surface area is 131 Å². The second kappa shape index (κ2) is 6.60. The third-order valence-electron chi connectivity index (χ3n) is 4.24. The third kappa shape index (κ3) is 3.85. The van der Waals surface area contributed by atoms with Crippen LogP contribution >= 0.6 is 0 Å². The molecule has 2 atom stereocenters. The fourth-order valence-electron chi connectivity index (χ4n) is 3.08. The molecule has 6 N–H and O–H groups in total. The monoisotopic (exact) mass is 296 g/mol. The number of nitrogens with two attached hydrogens (primary N) is 2. The standard InChI is InChI=1S/C18H24N4/c19-13-4-8-15(9-5-13)21-17-2-1-3-18(12-17)22-16-10-6-14(20)7-11-16/h4-11,17-18,21-22H,1-3,12,19-20H2. The molecular weight excluding hydrogens is 272 g/mol. The van der Waals surface area contributed by atoms with Crippen LogP contribution in [0.15, 0.2) is 48.5 Å². The van der Waals surface area contributed by atoms with Gasteiger partial charge in [-0.1, -0.05) is 0 Å². The summed E-state index contributed by atoms with van der Waals surface area (Å²) in [6, 6.07) is 17.0. The molecule has 2 aromatic carbocycles. The lowest BCUT2D eigenvalue weighted by atomic mass is 9.90. The topological polar surface area (TPSA) is 76.1 Å². The summed E-state index contributed by atoms with van der Waals surface area (Å²) in [5.74, 6) is 0. The Morgan fingerprint density at radius 2 is 1.09 bits per heavy atom. The quantitative estimate of drug-likeness (QED) is 0.649. The van der Waals surface area contributed by atoms with E-state index in [1.807, 2.05) is 48.5 Å². The zero-order chi connectivity index (χ0) is 15.4. The average molecular weight is 296 g/mol. The Morgan fingerprint density at radius 3 is 1.50 bits per heavy atom. The summed E-state index contributed by atoms with van der Waals surface area (Å²) in [5.41, 5.74) is 15.4. The van der Waals surface area contributed by atoms with E-state index in [1.54, 1.807) is 0 Å². The first-order chi connectivity index (χ1) is 10.7. The van der Waals surface area contributed by atoms with Crippen molar-refractivity contribution in [1.29, 1.82) is 0 Å². The summed E-state index contributed by atoms with van der Waals surface area (Å²) in [5, 5.41) is 7.23. The van der Waals surface area contributed by atoms with Crippen LogP contribution in [0.25, 0.3) is 0 Å². The van der Waals surface area contributed by atoms with Crippen LogP contribution in [-0.2, 0) is 0 Å². The Kier molecular flexibility index (Phi) is 4.37. The molecule has 1 fully saturated rings. The van der Waals surface area contributed by atoms with Crippen molar-refractivity contribution in [2.45, 2.75) is 37.8 Å². The van der Waals surface area contributed by atoms with Gasteiger partial charge in [-0.25, -0.2) is 0 Å². The summed E-state index contributed by atoms with van der Waals surface area (Å²) < 4.78 is 0. The van der Waals surface area contributed by atoms with Gasteiger partial charge in [0.05, 0.1) is 0 Å². The number of nitrogens with one attached hydrogen (secondary N) is 2. The highest BCUT2D eigenvalue weighted by molar-refractivity contribution is 5.53. The number of nitrogen functional groups attached to an aromatic ring is 2. The van der Waals surface area contributed by atoms with Crippen LogP contribution in [0.4, 0.5) is 22.7 Å². The van der Waals surface area contributed by atoms with Gasteiger partial charge in [0.15, 0.2) is 0 Å². The lowest BCUT2D eigenvalue weighted by Crippen LogP contribution is -2.34. The largest absolute Gasteiger partial charge is 0.399 e. The molecule has 4 heteroatoms. The maximum atomic E-state index is 5.73. The van der Waals surface area contributed by atoms with E-state index in [4.69, 9.17) is 11.5 Å². The molecule has 0 aliphatic heterocycles. The van der Waals surface area contributed by atoms with E-state index < -0.39 is 0 Å². The molecule has 3 rings (SSSR count). The zero-order valence-corrected chi connectivity index (χ0v) is 12.8. The van der Waals surface area contributed by atoms with E-state index in [2.05, 4.69) is 10.6 Å². The fourth-order valence-corrected chi connectivity index (χ4v) is 3.08. The van der Waals surface area contributed by atoms with Crippen molar-refractivity contribution in [3.8, 4) is 0 Å². The van der Waals surface area contributed by atoms with Gasteiger partial charge in [-0.2, -0.15) is 0 Å². The fraction of sp³-hybridized carbons (Fsp3) is 0.333. The molecule has 1 saturated carbocycles. The van der Waals surface area contributed by atoms with Gasteiger partial charge in [-0.15, -0.1) is 0 Å². The lowest BCUT2D eigenvalue weighted by Gasteiger charge is -2.31. The predicted octanol–water partition coefficient (Wildman–Crippen LogP) is 3.69. The molecular formula is C18H24N4. The highest BCUT2D eigenvalue weighted by Gasteiger charge is 2.21. The molecule has 0 bridgehead atoms. The van der Waals surface area contributed by atoms with Crippen molar-refractivity contribution in [1.82, 2.24) is 0 Å². The van der Waals surface area contributed by atoms with E-state index in [0.717, 1.165) is 29.2 Å². The molecule has 0 radical (unpaired) electrons. The molecule has 0 saturated heterocycles. The summed E-state index contributed by atoms with van der Waals surface area (Å²) in [6.07, 6.45) is 4.78. The Morgan fingerprint density at radius 1 is 0.682 bits per heavy atom. The van der Waals surface area contributed by atoms with E-state index in [-0.39, 0.29) is 0 Å². The van der Waals surface area contributed by atoms with Crippen LogP contribution in [0.5, 0.6) is 0 Å². The highest BCUT2D eigenvalue weighted by atomic mass is 15.0. The first-order valence-corrected chi connectivity index (χ1v) is 7.93. The van der Waals surface area contributed by atoms with Crippen LogP contribution < -0.4 is 22.1 Å². The van der Waals surface area contributed by atoms with Crippen LogP contribution in [0.1, 0.15) is 25.7 Å². The van der Waals surface area contributed by atoms with Gasteiger partial charge in [0.25, 0.3) is 0 Å². The van der Waals surface area contributed by atoms with E-state index in [9.17, 15) is 0 Å². The van der Waals surface area contributed by atoms with Gasteiger partial charge in [0.2, 0.25) is 0 Å². The summed E-state index contributed by atoms with van der Waals surface area (Å²) in [7, 11) is 0. The molecule has 116 valence electrons. The van der Waals surface area contributed by atoms with Crippen molar-refractivity contribution < 1.29 is 0 Å². The van der Waals surface area contributed by atoms with Crippen LogP contribution in [0, 0.1) is 0 Å². The molecule has 2 unspecified atom stereocenters. The number of rotatable bonds is 4. The number of hydrogen-bond donors (Lipinski definition) is 4.